The maximum absolute atomic E-state index is 12.2. The zero-order valence-electron chi connectivity index (χ0n) is 21.5. The topological polar surface area (TPSA) is 164 Å². The fraction of sp³-hybridized carbons (Fsp3) is 0.833. The minimum Gasteiger partial charge on any atom is -0.450 e. The Morgan fingerprint density at radius 1 is 0.611 bits per heavy atom. The van der Waals surface area contributed by atoms with Crippen molar-refractivity contribution < 1.29 is 57.8 Å². The Hall–Kier alpha value is -2.92. The first-order valence-electron chi connectivity index (χ1n) is 12.4. The van der Waals surface area contributed by atoms with E-state index in [0.29, 0.717) is 24.7 Å². The summed E-state index contributed by atoms with van der Waals surface area (Å²) in [6, 6.07) is 0. The molecule has 2 N–H and O–H groups in total. The fourth-order valence-corrected chi connectivity index (χ4v) is 3.76. The van der Waals surface area contributed by atoms with E-state index in [1.165, 1.54) is 0 Å². The number of rotatable bonds is 14. The van der Waals surface area contributed by atoms with Crippen LogP contribution in [0.15, 0.2) is 0 Å². The largest absolute Gasteiger partial charge is 0.508 e. The Morgan fingerprint density at radius 3 is 1.25 bits per heavy atom. The minimum atomic E-state index is -1.66. The van der Waals surface area contributed by atoms with Crippen LogP contribution in [0.5, 0.6) is 0 Å². The molecule has 0 bridgehead atoms. The van der Waals surface area contributed by atoms with Crippen LogP contribution < -0.4 is 0 Å². The highest BCUT2D eigenvalue weighted by atomic mass is 16.8. The molecular formula is C24H40O12. The molecular weight excluding hydrogens is 480 g/mol. The lowest BCUT2D eigenvalue weighted by molar-refractivity contribution is -0.139. The molecule has 4 unspecified atom stereocenters. The van der Waals surface area contributed by atoms with Crippen LogP contribution >= 0.6 is 0 Å². The van der Waals surface area contributed by atoms with E-state index in [1.807, 2.05) is 0 Å². The highest BCUT2D eigenvalue weighted by molar-refractivity contribution is 5.62. The highest BCUT2D eigenvalue weighted by Crippen LogP contribution is 2.30. The van der Waals surface area contributed by atoms with Gasteiger partial charge in [-0.2, -0.15) is 0 Å². The van der Waals surface area contributed by atoms with Gasteiger partial charge in [-0.05, 0) is 37.5 Å². The third-order valence-corrected chi connectivity index (χ3v) is 5.55. The predicted molar refractivity (Wildman–Crippen MR) is 125 cm³/mol. The molecule has 1 rings (SSSR count). The smallest absolute Gasteiger partial charge is 0.450 e. The van der Waals surface area contributed by atoms with Gasteiger partial charge in [0.05, 0.1) is 13.2 Å². The Bertz CT molecular complexity index is 635. The van der Waals surface area contributed by atoms with Gasteiger partial charge in [0.2, 0.25) is 0 Å². The van der Waals surface area contributed by atoms with Crippen molar-refractivity contribution >= 4 is 24.6 Å². The number of unbranched alkanes of at least 4 members (excludes halogenated alkanes) is 2. The van der Waals surface area contributed by atoms with E-state index >= 15 is 0 Å². The van der Waals surface area contributed by atoms with Crippen molar-refractivity contribution in [2.45, 2.75) is 103 Å². The molecule has 0 aromatic carbocycles. The molecule has 1 aliphatic rings. The summed E-state index contributed by atoms with van der Waals surface area (Å²) in [6.45, 7) is 8.61. The molecule has 0 amide bonds. The van der Waals surface area contributed by atoms with Gasteiger partial charge in [0.1, 0.15) is 24.4 Å². The summed E-state index contributed by atoms with van der Waals surface area (Å²) in [5, 5.41) is 18.0. The molecule has 0 aromatic heterocycles. The number of ether oxygens (including phenoxy) is 6. The van der Waals surface area contributed by atoms with Crippen LogP contribution in [0.1, 0.15) is 79.1 Å². The van der Waals surface area contributed by atoms with Gasteiger partial charge in [-0.15, -0.1) is 0 Å². The molecule has 36 heavy (non-hydrogen) atoms. The summed E-state index contributed by atoms with van der Waals surface area (Å²) < 4.78 is 30.2. The summed E-state index contributed by atoms with van der Waals surface area (Å²) >= 11 is 0. The molecule has 1 saturated carbocycles. The number of hydrogen-bond donors (Lipinski definition) is 2. The molecule has 0 radical (unpaired) electrons. The molecule has 1 fully saturated rings. The lowest BCUT2D eigenvalue weighted by atomic mass is 9.89. The molecule has 12 nitrogen and oxygen atoms in total. The second-order valence-corrected chi connectivity index (χ2v) is 9.60. The maximum Gasteiger partial charge on any atom is 0.508 e. The molecule has 0 aromatic rings. The van der Waals surface area contributed by atoms with E-state index in [0.717, 1.165) is 25.7 Å². The molecule has 1 aliphatic carbocycles. The Balaban J connectivity index is 2.76. The van der Waals surface area contributed by atoms with Crippen molar-refractivity contribution in [2.24, 2.45) is 11.8 Å². The average molecular weight is 521 g/mol. The summed E-state index contributed by atoms with van der Waals surface area (Å²) in [7, 11) is 0. The van der Waals surface area contributed by atoms with Gasteiger partial charge in [-0.25, -0.2) is 19.2 Å². The zero-order valence-corrected chi connectivity index (χ0v) is 21.5. The van der Waals surface area contributed by atoms with E-state index in [4.69, 9.17) is 38.6 Å². The van der Waals surface area contributed by atoms with Crippen LogP contribution in [0.2, 0.25) is 0 Å². The third-order valence-electron chi connectivity index (χ3n) is 5.55. The van der Waals surface area contributed by atoms with Crippen LogP contribution in [0.4, 0.5) is 19.2 Å². The molecule has 0 heterocycles. The SMILES string of the molecule is CC(C)CCCCOC(=O)OC1CC(OC(=O)O)C(OC(=O)O)CC1OC(=O)OCCCCC(C)C. The summed E-state index contributed by atoms with van der Waals surface area (Å²) in [5.41, 5.74) is 0. The van der Waals surface area contributed by atoms with Gasteiger partial charge in [-0.1, -0.05) is 40.5 Å². The van der Waals surface area contributed by atoms with Crippen LogP contribution in [-0.2, 0) is 28.4 Å². The van der Waals surface area contributed by atoms with E-state index in [2.05, 4.69) is 27.7 Å². The van der Waals surface area contributed by atoms with Gasteiger partial charge in [0.25, 0.3) is 0 Å². The molecule has 208 valence electrons. The molecule has 4 atom stereocenters. The predicted octanol–water partition coefficient (Wildman–Crippen LogP) is 5.60. The molecule has 0 spiro atoms. The number of carbonyl (C=O) groups excluding carboxylic acids is 2. The van der Waals surface area contributed by atoms with Gasteiger partial charge >= 0.3 is 24.6 Å². The second-order valence-electron chi connectivity index (χ2n) is 9.60. The average Bonchev–Trinajstić information content (AvgIpc) is 2.75. The van der Waals surface area contributed by atoms with Crippen LogP contribution in [0, 0.1) is 11.8 Å². The van der Waals surface area contributed by atoms with Crippen molar-refractivity contribution in [2.75, 3.05) is 13.2 Å². The first kappa shape index (κ1) is 31.1. The second kappa shape index (κ2) is 16.7. The van der Waals surface area contributed by atoms with Crippen molar-refractivity contribution in [1.29, 1.82) is 0 Å². The first-order chi connectivity index (χ1) is 17.0. The summed E-state index contributed by atoms with van der Waals surface area (Å²) in [5.74, 6) is 1.05. The summed E-state index contributed by atoms with van der Waals surface area (Å²) in [4.78, 5) is 46.6. The van der Waals surface area contributed by atoms with Crippen LogP contribution in [-0.4, -0.2) is 72.5 Å². The number of hydrogen-bond acceptors (Lipinski definition) is 10. The maximum atomic E-state index is 12.2. The highest BCUT2D eigenvalue weighted by Gasteiger charge is 2.46. The Kier molecular flexibility index (Phi) is 14.4. The quantitative estimate of drug-likeness (QED) is 0.166. The Morgan fingerprint density at radius 2 is 0.944 bits per heavy atom. The first-order valence-corrected chi connectivity index (χ1v) is 12.4. The van der Waals surface area contributed by atoms with E-state index in [9.17, 15) is 19.2 Å². The van der Waals surface area contributed by atoms with Gasteiger partial charge in [0, 0.05) is 12.8 Å². The molecule has 0 aliphatic heterocycles. The van der Waals surface area contributed by atoms with E-state index in [1.54, 1.807) is 0 Å². The summed E-state index contributed by atoms with van der Waals surface area (Å²) in [6.07, 6.45) is -5.90. The van der Waals surface area contributed by atoms with Crippen LogP contribution in [0.3, 0.4) is 0 Å². The minimum absolute atomic E-state index is 0.127. The Labute approximate surface area is 211 Å². The number of carboxylic acid groups (broad SMARTS) is 2. The van der Waals surface area contributed by atoms with Gasteiger partial charge in [0.15, 0.2) is 0 Å². The van der Waals surface area contributed by atoms with Crippen molar-refractivity contribution in [3.8, 4) is 0 Å². The third kappa shape index (κ3) is 13.8. The zero-order chi connectivity index (χ0) is 27.1. The lowest BCUT2D eigenvalue weighted by Crippen LogP contribution is -2.51. The fourth-order valence-electron chi connectivity index (χ4n) is 3.76. The van der Waals surface area contributed by atoms with Crippen LogP contribution in [0.25, 0.3) is 0 Å². The van der Waals surface area contributed by atoms with E-state index < -0.39 is 49.0 Å². The standard InChI is InChI=1S/C24H40O12/c1-15(2)9-5-7-11-31-23(29)35-19-13-17(33-21(25)26)18(34-22(27)28)14-20(19)36-24(30)32-12-8-6-10-16(3)4/h15-20H,5-14H2,1-4H3,(H,25,26)(H,27,28). The molecule has 0 saturated heterocycles. The lowest BCUT2D eigenvalue weighted by Gasteiger charge is -2.37. The molecule has 12 heteroatoms. The monoisotopic (exact) mass is 520 g/mol. The van der Waals surface area contributed by atoms with Crippen molar-refractivity contribution in [3.05, 3.63) is 0 Å². The van der Waals surface area contributed by atoms with Gasteiger partial charge < -0.3 is 38.6 Å². The van der Waals surface area contributed by atoms with E-state index in [-0.39, 0.29) is 26.1 Å². The van der Waals surface area contributed by atoms with Gasteiger partial charge in [-0.3, -0.25) is 0 Å². The van der Waals surface area contributed by atoms with Crippen molar-refractivity contribution in [1.82, 2.24) is 0 Å². The number of carbonyl (C=O) groups is 4. The normalized spacial score (nSPS) is 21.5. The van der Waals surface area contributed by atoms with Crippen molar-refractivity contribution in [3.63, 3.8) is 0 Å².